The van der Waals surface area contributed by atoms with Crippen LogP contribution < -0.4 is 9.47 Å². The van der Waals surface area contributed by atoms with Crippen molar-refractivity contribution in [1.82, 2.24) is 0 Å². The van der Waals surface area contributed by atoms with E-state index in [4.69, 9.17) is 9.47 Å². The molecule has 2 atom stereocenters. The topological polar surface area (TPSA) is 38.7 Å². The number of methoxy groups -OCH3 is 2. The van der Waals surface area contributed by atoms with Gasteiger partial charge in [-0.05, 0) is 60.6 Å². The molecule has 0 fully saturated rings. The Hall–Kier alpha value is -2.00. The van der Waals surface area contributed by atoms with Crippen molar-refractivity contribution in [3.8, 4) is 11.5 Å². The Morgan fingerprint density at radius 1 is 0.875 bits per heavy atom. The molecule has 1 N–H and O–H groups in total. The van der Waals surface area contributed by atoms with Crippen molar-refractivity contribution in [2.75, 3.05) is 14.2 Å². The lowest BCUT2D eigenvalue weighted by atomic mass is 9.75. The number of benzene rings is 2. The van der Waals surface area contributed by atoms with Crippen molar-refractivity contribution >= 4 is 0 Å². The summed E-state index contributed by atoms with van der Waals surface area (Å²) < 4.78 is 10.4. The minimum absolute atomic E-state index is 0.143. The van der Waals surface area contributed by atoms with Gasteiger partial charge in [0.25, 0.3) is 0 Å². The van der Waals surface area contributed by atoms with Gasteiger partial charge in [-0.2, -0.15) is 0 Å². The van der Waals surface area contributed by atoms with Gasteiger partial charge in [-0.25, -0.2) is 0 Å². The van der Waals surface area contributed by atoms with Gasteiger partial charge >= 0.3 is 0 Å². The predicted molar refractivity (Wildman–Crippen MR) is 97.7 cm³/mol. The van der Waals surface area contributed by atoms with Gasteiger partial charge in [0, 0.05) is 0 Å². The summed E-state index contributed by atoms with van der Waals surface area (Å²) in [6, 6.07) is 15.9. The molecule has 2 aromatic carbocycles. The Morgan fingerprint density at radius 3 is 1.79 bits per heavy atom. The van der Waals surface area contributed by atoms with Crippen molar-refractivity contribution in [3.05, 3.63) is 59.7 Å². The van der Waals surface area contributed by atoms with Crippen LogP contribution in [0.15, 0.2) is 48.5 Å². The first-order valence-electron chi connectivity index (χ1n) is 8.57. The Morgan fingerprint density at radius 2 is 1.38 bits per heavy atom. The third-order valence-electron chi connectivity index (χ3n) is 4.94. The van der Waals surface area contributed by atoms with Gasteiger partial charge in [0.1, 0.15) is 11.5 Å². The molecule has 130 valence electrons. The maximum Gasteiger partial charge on any atom is 0.118 e. The Labute approximate surface area is 145 Å². The highest BCUT2D eigenvalue weighted by molar-refractivity contribution is 5.32. The highest BCUT2D eigenvalue weighted by atomic mass is 16.5. The van der Waals surface area contributed by atoms with E-state index >= 15 is 0 Å². The summed E-state index contributed by atoms with van der Waals surface area (Å²) >= 11 is 0. The fourth-order valence-electron chi connectivity index (χ4n) is 3.31. The molecule has 2 rings (SSSR count). The molecule has 0 aliphatic carbocycles. The minimum Gasteiger partial charge on any atom is -0.497 e. The molecular formula is C21H28O3. The first kappa shape index (κ1) is 18.3. The smallest absolute Gasteiger partial charge is 0.118 e. The van der Waals surface area contributed by atoms with Gasteiger partial charge in [-0.15, -0.1) is 0 Å². The van der Waals surface area contributed by atoms with Crippen LogP contribution in [0.5, 0.6) is 11.5 Å². The van der Waals surface area contributed by atoms with Crippen LogP contribution in [0, 0.1) is 5.92 Å². The van der Waals surface area contributed by atoms with E-state index in [1.807, 2.05) is 43.3 Å². The summed E-state index contributed by atoms with van der Waals surface area (Å²) in [6.07, 6.45) is 2.41. The van der Waals surface area contributed by atoms with E-state index in [0.717, 1.165) is 29.9 Å². The third-order valence-corrected chi connectivity index (χ3v) is 4.94. The first-order chi connectivity index (χ1) is 11.6. The van der Waals surface area contributed by atoms with Gasteiger partial charge in [0.2, 0.25) is 0 Å². The molecule has 0 bridgehead atoms. The van der Waals surface area contributed by atoms with E-state index in [2.05, 4.69) is 19.1 Å². The fraction of sp³-hybridized carbons (Fsp3) is 0.429. The van der Waals surface area contributed by atoms with Crippen LogP contribution in [0.4, 0.5) is 0 Å². The van der Waals surface area contributed by atoms with Crippen molar-refractivity contribution in [3.63, 3.8) is 0 Å². The SMILES string of the molecule is CCC(Cc1ccc(OC)cc1)C(O)(CC)c1ccc(OC)cc1. The minimum atomic E-state index is -0.846. The monoisotopic (exact) mass is 328 g/mol. The molecule has 0 radical (unpaired) electrons. The predicted octanol–water partition coefficient (Wildman–Crippen LogP) is 4.57. The molecule has 24 heavy (non-hydrogen) atoms. The second-order valence-electron chi connectivity index (χ2n) is 6.16. The Balaban J connectivity index is 2.25. The number of ether oxygens (including phenoxy) is 2. The van der Waals surface area contributed by atoms with Crippen LogP contribution in [-0.2, 0) is 12.0 Å². The lowest BCUT2D eigenvalue weighted by Gasteiger charge is -2.36. The van der Waals surface area contributed by atoms with Gasteiger partial charge in [0.05, 0.1) is 19.8 Å². The highest BCUT2D eigenvalue weighted by Gasteiger charge is 2.35. The zero-order chi connectivity index (χ0) is 17.6. The highest BCUT2D eigenvalue weighted by Crippen LogP contribution is 2.38. The second kappa shape index (κ2) is 8.20. The number of aliphatic hydroxyl groups is 1. The fourth-order valence-corrected chi connectivity index (χ4v) is 3.31. The molecule has 0 heterocycles. The van der Waals surface area contributed by atoms with Gasteiger partial charge in [0.15, 0.2) is 0 Å². The first-order valence-corrected chi connectivity index (χ1v) is 8.57. The van der Waals surface area contributed by atoms with Crippen molar-refractivity contribution in [1.29, 1.82) is 0 Å². The number of hydrogen-bond donors (Lipinski definition) is 1. The van der Waals surface area contributed by atoms with E-state index in [9.17, 15) is 5.11 Å². The maximum absolute atomic E-state index is 11.4. The molecule has 0 aliphatic heterocycles. The van der Waals surface area contributed by atoms with Gasteiger partial charge in [-0.3, -0.25) is 0 Å². The van der Waals surface area contributed by atoms with Crippen LogP contribution in [0.25, 0.3) is 0 Å². The van der Waals surface area contributed by atoms with E-state index in [1.54, 1.807) is 14.2 Å². The van der Waals surface area contributed by atoms with Crippen molar-refractivity contribution in [2.24, 2.45) is 5.92 Å². The van der Waals surface area contributed by atoms with Crippen LogP contribution in [0.1, 0.15) is 37.8 Å². The van der Waals surface area contributed by atoms with Gasteiger partial charge in [-0.1, -0.05) is 38.1 Å². The number of hydrogen-bond acceptors (Lipinski definition) is 3. The van der Waals surface area contributed by atoms with Crippen LogP contribution in [0.2, 0.25) is 0 Å². The average molecular weight is 328 g/mol. The Kier molecular flexibility index (Phi) is 6.27. The summed E-state index contributed by atoms with van der Waals surface area (Å²) in [5.41, 5.74) is 1.32. The van der Waals surface area contributed by atoms with Crippen molar-refractivity contribution in [2.45, 2.75) is 38.7 Å². The molecule has 2 aromatic rings. The normalized spacial score (nSPS) is 14.7. The van der Waals surface area contributed by atoms with Crippen LogP contribution >= 0.6 is 0 Å². The third kappa shape index (κ3) is 3.90. The zero-order valence-electron chi connectivity index (χ0n) is 15.1. The van der Waals surface area contributed by atoms with E-state index in [-0.39, 0.29) is 5.92 Å². The van der Waals surface area contributed by atoms with Crippen molar-refractivity contribution < 1.29 is 14.6 Å². The molecule has 3 heteroatoms. The molecule has 2 unspecified atom stereocenters. The quantitative estimate of drug-likeness (QED) is 0.771. The summed E-state index contributed by atoms with van der Waals surface area (Å²) in [7, 11) is 3.32. The standard InChI is InChI=1S/C21H28O3/c1-5-17(15-16-7-11-19(23-3)12-8-16)21(22,6-2)18-9-13-20(24-4)14-10-18/h7-14,17,22H,5-6,15H2,1-4H3. The molecule has 0 saturated carbocycles. The summed E-state index contributed by atoms with van der Waals surface area (Å²) in [6.45, 7) is 4.18. The Bertz CT molecular complexity index is 619. The van der Waals surface area contributed by atoms with E-state index < -0.39 is 5.60 Å². The molecule has 0 amide bonds. The van der Waals surface area contributed by atoms with Gasteiger partial charge < -0.3 is 14.6 Å². The summed E-state index contributed by atoms with van der Waals surface area (Å²) in [5, 5.41) is 11.4. The molecule has 3 nitrogen and oxygen atoms in total. The lowest BCUT2D eigenvalue weighted by molar-refractivity contribution is -0.0298. The lowest BCUT2D eigenvalue weighted by Crippen LogP contribution is -2.35. The summed E-state index contributed by atoms with van der Waals surface area (Å²) in [5.74, 6) is 1.80. The molecule has 0 aromatic heterocycles. The zero-order valence-corrected chi connectivity index (χ0v) is 15.1. The molecule has 0 aliphatic rings. The van der Waals surface area contributed by atoms with Crippen LogP contribution in [-0.4, -0.2) is 19.3 Å². The second-order valence-corrected chi connectivity index (χ2v) is 6.16. The molecule has 0 spiro atoms. The largest absolute Gasteiger partial charge is 0.497 e. The van der Waals surface area contributed by atoms with E-state index in [1.165, 1.54) is 5.56 Å². The van der Waals surface area contributed by atoms with E-state index in [0.29, 0.717) is 6.42 Å². The number of rotatable bonds is 8. The molecular weight excluding hydrogens is 300 g/mol. The molecule has 0 saturated heterocycles. The summed E-state index contributed by atoms with van der Waals surface area (Å²) in [4.78, 5) is 0. The van der Waals surface area contributed by atoms with Crippen LogP contribution in [0.3, 0.4) is 0 Å². The maximum atomic E-state index is 11.4. The average Bonchev–Trinajstić information content (AvgIpc) is 2.66.